The van der Waals surface area contributed by atoms with Crippen molar-refractivity contribution in [3.63, 3.8) is 0 Å². The summed E-state index contributed by atoms with van der Waals surface area (Å²) in [4.78, 5) is 25.2. The fourth-order valence-electron chi connectivity index (χ4n) is 4.34. The third kappa shape index (κ3) is 7.17. The van der Waals surface area contributed by atoms with E-state index in [0.29, 0.717) is 38.9 Å². The highest BCUT2D eigenvalue weighted by Crippen LogP contribution is 2.21. The second kappa shape index (κ2) is 12.2. The van der Waals surface area contributed by atoms with Crippen molar-refractivity contribution in [3.8, 4) is 0 Å². The first-order chi connectivity index (χ1) is 15.5. The van der Waals surface area contributed by atoms with Crippen molar-refractivity contribution in [2.45, 2.75) is 62.7 Å². The van der Waals surface area contributed by atoms with E-state index in [9.17, 15) is 18.0 Å². The minimum atomic E-state index is -3.68. The summed E-state index contributed by atoms with van der Waals surface area (Å²) in [7, 11) is -3.68. The van der Waals surface area contributed by atoms with E-state index in [-0.39, 0.29) is 35.6 Å². The van der Waals surface area contributed by atoms with Crippen LogP contribution >= 0.6 is 0 Å². The Morgan fingerprint density at radius 2 is 1.88 bits per heavy atom. The fourth-order valence-corrected chi connectivity index (χ4v) is 5.84. The minimum absolute atomic E-state index is 0.00706. The Hall–Kier alpha value is -2.19. The highest BCUT2D eigenvalue weighted by atomic mass is 32.2. The molecule has 1 atom stereocenters. The molecule has 2 amide bonds. The van der Waals surface area contributed by atoms with Crippen LogP contribution in [0.25, 0.3) is 0 Å². The molecule has 2 aliphatic rings. The van der Waals surface area contributed by atoms with Crippen molar-refractivity contribution < 1.29 is 18.0 Å². The third-order valence-electron chi connectivity index (χ3n) is 6.25. The average Bonchev–Trinajstić information content (AvgIpc) is 2.85. The summed E-state index contributed by atoms with van der Waals surface area (Å²) in [6.45, 7) is 1.48. The molecule has 32 heavy (non-hydrogen) atoms. The number of hydrogen-bond acceptors (Lipinski definition) is 4. The first kappa shape index (κ1) is 24.5. The predicted octanol–water partition coefficient (Wildman–Crippen LogP) is 2.99. The summed E-state index contributed by atoms with van der Waals surface area (Å²) >= 11 is 0. The van der Waals surface area contributed by atoms with Crippen molar-refractivity contribution in [2.24, 2.45) is 5.92 Å². The zero-order chi connectivity index (χ0) is 22.8. The zero-order valence-corrected chi connectivity index (χ0v) is 19.5. The van der Waals surface area contributed by atoms with Gasteiger partial charge in [0.05, 0.1) is 4.90 Å². The van der Waals surface area contributed by atoms with Gasteiger partial charge >= 0.3 is 0 Å². The first-order valence-corrected chi connectivity index (χ1v) is 13.2. The van der Waals surface area contributed by atoms with Gasteiger partial charge in [0.15, 0.2) is 0 Å². The minimum Gasteiger partial charge on any atom is -0.356 e. The SMILES string of the molecule is O=C1CCN(S(=O)(=O)c2ccccc2)CCCC(C(=O)NCCC2=CCCCC2)CCN1. The van der Waals surface area contributed by atoms with Crippen molar-refractivity contribution in [1.82, 2.24) is 14.9 Å². The molecule has 1 heterocycles. The van der Waals surface area contributed by atoms with Crippen LogP contribution < -0.4 is 10.6 Å². The van der Waals surface area contributed by atoms with Gasteiger partial charge in [0, 0.05) is 38.5 Å². The van der Waals surface area contributed by atoms with Gasteiger partial charge in [-0.1, -0.05) is 29.8 Å². The highest BCUT2D eigenvalue weighted by molar-refractivity contribution is 7.89. The van der Waals surface area contributed by atoms with Gasteiger partial charge in [-0.2, -0.15) is 4.31 Å². The molecule has 2 N–H and O–H groups in total. The number of nitrogens with zero attached hydrogens (tertiary/aromatic N) is 1. The van der Waals surface area contributed by atoms with E-state index >= 15 is 0 Å². The van der Waals surface area contributed by atoms with E-state index < -0.39 is 10.0 Å². The van der Waals surface area contributed by atoms with Gasteiger partial charge in [-0.15, -0.1) is 0 Å². The highest BCUT2D eigenvalue weighted by Gasteiger charge is 2.26. The number of sulfonamides is 1. The van der Waals surface area contributed by atoms with Gasteiger partial charge in [-0.05, 0) is 63.5 Å². The number of rotatable bonds is 6. The smallest absolute Gasteiger partial charge is 0.243 e. The van der Waals surface area contributed by atoms with E-state index in [1.165, 1.54) is 22.7 Å². The molecular formula is C24H35N3O4S. The molecule has 0 bridgehead atoms. The second-order valence-corrected chi connectivity index (χ2v) is 10.5. The Morgan fingerprint density at radius 3 is 2.62 bits per heavy atom. The monoisotopic (exact) mass is 461 g/mol. The van der Waals surface area contributed by atoms with Crippen molar-refractivity contribution in [3.05, 3.63) is 42.0 Å². The van der Waals surface area contributed by atoms with E-state index in [4.69, 9.17) is 0 Å². The van der Waals surface area contributed by atoms with Gasteiger partial charge in [-0.3, -0.25) is 9.59 Å². The lowest BCUT2D eigenvalue weighted by atomic mass is 9.96. The summed E-state index contributed by atoms with van der Waals surface area (Å²) in [6.07, 6.45) is 9.74. The van der Waals surface area contributed by atoms with Crippen LogP contribution in [0.2, 0.25) is 0 Å². The van der Waals surface area contributed by atoms with Gasteiger partial charge in [-0.25, -0.2) is 8.42 Å². The van der Waals surface area contributed by atoms with E-state index in [1.807, 2.05) is 0 Å². The molecule has 1 aliphatic heterocycles. The van der Waals surface area contributed by atoms with Crippen LogP contribution in [0.15, 0.2) is 46.9 Å². The van der Waals surface area contributed by atoms with Crippen LogP contribution in [0.1, 0.15) is 57.8 Å². The largest absolute Gasteiger partial charge is 0.356 e. The van der Waals surface area contributed by atoms with Gasteiger partial charge in [0.2, 0.25) is 21.8 Å². The Morgan fingerprint density at radius 1 is 1.06 bits per heavy atom. The average molecular weight is 462 g/mol. The third-order valence-corrected chi connectivity index (χ3v) is 8.16. The molecule has 1 aromatic carbocycles. The van der Waals surface area contributed by atoms with Crippen LogP contribution in [0.3, 0.4) is 0 Å². The molecule has 8 heteroatoms. The second-order valence-electron chi connectivity index (χ2n) is 8.59. The fraction of sp³-hybridized carbons (Fsp3) is 0.583. The molecule has 1 saturated heterocycles. The lowest BCUT2D eigenvalue weighted by Gasteiger charge is -2.22. The van der Waals surface area contributed by atoms with E-state index in [0.717, 1.165) is 19.3 Å². The number of hydrogen-bond donors (Lipinski definition) is 2. The maximum atomic E-state index is 13.1. The van der Waals surface area contributed by atoms with Crippen molar-refractivity contribution >= 4 is 21.8 Å². The van der Waals surface area contributed by atoms with Crippen LogP contribution in [-0.4, -0.2) is 50.7 Å². The predicted molar refractivity (Wildman–Crippen MR) is 124 cm³/mol. The number of allylic oxidation sites excluding steroid dienone is 1. The number of carbonyl (C=O) groups is 2. The molecule has 0 spiro atoms. The summed E-state index contributed by atoms with van der Waals surface area (Å²) in [5, 5.41) is 5.89. The Labute approximate surface area is 191 Å². The Bertz CT molecular complexity index is 899. The summed E-state index contributed by atoms with van der Waals surface area (Å²) in [5.74, 6) is -0.439. The summed E-state index contributed by atoms with van der Waals surface area (Å²) in [6, 6.07) is 8.29. The Kier molecular flexibility index (Phi) is 9.29. The topological polar surface area (TPSA) is 95.6 Å². The normalized spacial score (nSPS) is 21.7. The molecule has 176 valence electrons. The van der Waals surface area contributed by atoms with Crippen LogP contribution in [0.4, 0.5) is 0 Å². The van der Waals surface area contributed by atoms with E-state index in [2.05, 4.69) is 16.7 Å². The zero-order valence-electron chi connectivity index (χ0n) is 18.7. The molecule has 0 radical (unpaired) electrons. The standard InChI is InChI=1S/C24H35N3O4S/c28-23-15-19-27(32(30,31)22-11-5-2-6-12-22)18-7-10-21(14-17-25-23)24(29)26-16-13-20-8-3-1-4-9-20/h2,5-6,8,11-12,21H,1,3-4,7,9-10,13-19H2,(H,25,28)(H,26,29). The summed E-state index contributed by atoms with van der Waals surface area (Å²) < 4.78 is 27.5. The molecule has 1 fully saturated rings. The lowest BCUT2D eigenvalue weighted by molar-refractivity contribution is -0.126. The number of benzene rings is 1. The maximum absolute atomic E-state index is 13.1. The molecule has 0 aromatic heterocycles. The van der Waals surface area contributed by atoms with Gasteiger partial charge < -0.3 is 10.6 Å². The van der Waals surface area contributed by atoms with Crippen molar-refractivity contribution in [2.75, 3.05) is 26.2 Å². The lowest BCUT2D eigenvalue weighted by Crippen LogP contribution is -2.35. The number of amides is 2. The van der Waals surface area contributed by atoms with Crippen LogP contribution in [0, 0.1) is 5.92 Å². The van der Waals surface area contributed by atoms with Crippen LogP contribution in [0.5, 0.6) is 0 Å². The maximum Gasteiger partial charge on any atom is 0.243 e. The van der Waals surface area contributed by atoms with Gasteiger partial charge in [0.25, 0.3) is 0 Å². The molecule has 7 nitrogen and oxygen atoms in total. The number of carbonyl (C=O) groups excluding carboxylic acids is 2. The van der Waals surface area contributed by atoms with Crippen molar-refractivity contribution in [1.29, 1.82) is 0 Å². The first-order valence-electron chi connectivity index (χ1n) is 11.7. The van der Waals surface area contributed by atoms with Gasteiger partial charge in [0.1, 0.15) is 0 Å². The molecular weight excluding hydrogens is 426 g/mol. The van der Waals surface area contributed by atoms with Crippen LogP contribution in [-0.2, 0) is 19.6 Å². The van der Waals surface area contributed by atoms with E-state index in [1.54, 1.807) is 30.3 Å². The molecule has 3 rings (SSSR count). The quantitative estimate of drug-likeness (QED) is 0.637. The summed E-state index contributed by atoms with van der Waals surface area (Å²) in [5.41, 5.74) is 1.42. The number of nitrogens with one attached hydrogen (secondary N) is 2. The molecule has 0 saturated carbocycles. The molecule has 1 aliphatic carbocycles. The Balaban J connectivity index is 1.59. The molecule has 1 aromatic rings. The molecule has 1 unspecified atom stereocenters.